The third-order valence-corrected chi connectivity index (χ3v) is 0.902. The van der Waals surface area contributed by atoms with Gasteiger partial charge in [-0.2, -0.15) is 0 Å². The summed E-state index contributed by atoms with van der Waals surface area (Å²) < 4.78 is 0. The first kappa shape index (κ1) is 8.37. The fourth-order valence-electron chi connectivity index (χ4n) is 0.493. The molecule has 0 saturated carbocycles. The first-order valence-corrected chi connectivity index (χ1v) is 3.17. The van der Waals surface area contributed by atoms with Crippen LogP contribution in [0.2, 0.25) is 0 Å². The fraction of sp³-hybridized carbons (Fsp3) is 0.571. The van der Waals surface area contributed by atoms with E-state index >= 15 is 0 Å². The van der Waals surface area contributed by atoms with Crippen LogP contribution in [0.1, 0.15) is 13.8 Å². The molecular formula is C7H13NO. The highest BCUT2D eigenvalue weighted by atomic mass is 16.1. The molecule has 0 aromatic heterocycles. The number of allylic oxidation sites excluding steroid dienone is 1. The largest absolute Gasteiger partial charge is 0.310 e. The summed E-state index contributed by atoms with van der Waals surface area (Å²) in [6.07, 6.45) is 3.32. The van der Waals surface area contributed by atoms with Crippen molar-refractivity contribution in [2.45, 2.75) is 13.8 Å². The summed E-state index contributed by atoms with van der Waals surface area (Å²) >= 11 is 0. The molecule has 1 N–H and O–H groups in total. The van der Waals surface area contributed by atoms with Crippen molar-refractivity contribution in [2.75, 3.05) is 13.1 Å². The molecule has 0 amide bonds. The highest BCUT2D eigenvalue weighted by molar-refractivity contribution is 5.91. The van der Waals surface area contributed by atoms with Crippen molar-refractivity contribution < 1.29 is 4.79 Å². The minimum Gasteiger partial charge on any atom is -0.310 e. The van der Waals surface area contributed by atoms with Crippen LogP contribution >= 0.6 is 0 Å². The maximum Gasteiger partial charge on any atom is 0.169 e. The van der Waals surface area contributed by atoms with Gasteiger partial charge >= 0.3 is 0 Å². The van der Waals surface area contributed by atoms with E-state index in [-0.39, 0.29) is 5.78 Å². The summed E-state index contributed by atoms with van der Waals surface area (Å²) in [5.74, 6) is 0.138. The zero-order valence-corrected chi connectivity index (χ0v) is 5.98. The number of likely N-dealkylation sites (N-methyl/N-ethyl adjacent to an activating group) is 1. The molecule has 0 rings (SSSR count). The molecule has 0 aliphatic carbocycles. The van der Waals surface area contributed by atoms with Gasteiger partial charge in [-0.1, -0.05) is 13.0 Å². The van der Waals surface area contributed by atoms with Crippen LogP contribution in [0, 0.1) is 0 Å². The first-order valence-electron chi connectivity index (χ1n) is 3.17. The highest BCUT2D eigenvalue weighted by Crippen LogP contribution is 1.72. The Hall–Kier alpha value is -0.630. The number of rotatable bonds is 4. The van der Waals surface area contributed by atoms with Gasteiger partial charge in [0.15, 0.2) is 5.78 Å². The minimum absolute atomic E-state index is 0.138. The van der Waals surface area contributed by atoms with Gasteiger partial charge in [-0.3, -0.25) is 4.79 Å². The van der Waals surface area contributed by atoms with Gasteiger partial charge < -0.3 is 5.32 Å². The fourth-order valence-corrected chi connectivity index (χ4v) is 0.493. The molecule has 0 spiro atoms. The van der Waals surface area contributed by atoms with E-state index in [4.69, 9.17) is 0 Å². The molecule has 0 aliphatic heterocycles. The van der Waals surface area contributed by atoms with Crippen molar-refractivity contribution in [1.29, 1.82) is 0 Å². The molecule has 0 aromatic rings. The topological polar surface area (TPSA) is 29.1 Å². The van der Waals surface area contributed by atoms with Crippen molar-refractivity contribution in [3.05, 3.63) is 12.2 Å². The van der Waals surface area contributed by atoms with E-state index in [0.29, 0.717) is 6.54 Å². The molecule has 0 atom stereocenters. The van der Waals surface area contributed by atoms with Crippen LogP contribution in [0.4, 0.5) is 0 Å². The van der Waals surface area contributed by atoms with E-state index in [2.05, 4.69) is 5.32 Å². The van der Waals surface area contributed by atoms with Gasteiger partial charge in [0.05, 0.1) is 6.54 Å². The molecule has 9 heavy (non-hydrogen) atoms. The molecule has 0 heterocycles. The Bertz CT molecular complexity index is 107. The van der Waals surface area contributed by atoms with Crippen LogP contribution < -0.4 is 5.32 Å². The summed E-state index contributed by atoms with van der Waals surface area (Å²) in [4.78, 5) is 10.7. The molecule has 0 saturated heterocycles. The number of nitrogens with one attached hydrogen (secondary N) is 1. The number of hydrogen-bond acceptors (Lipinski definition) is 2. The summed E-state index contributed by atoms with van der Waals surface area (Å²) in [6.45, 7) is 5.12. The van der Waals surface area contributed by atoms with E-state index in [1.165, 1.54) is 0 Å². The van der Waals surface area contributed by atoms with E-state index in [1.807, 2.05) is 13.8 Å². The smallest absolute Gasteiger partial charge is 0.169 e. The quantitative estimate of drug-likeness (QED) is 0.564. The molecule has 2 nitrogen and oxygen atoms in total. The van der Waals surface area contributed by atoms with E-state index in [9.17, 15) is 4.79 Å². The van der Waals surface area contributed by atoms with E-state index in [1.54, 1.807) is 12.2 Å². The zero-order valence-electron chi connectivity index (χ0n) is 5.98. The Morgan fingerprint density at radius 1 is 1.67 bits per heavy atom. The number of ketones is 1. The maximum atomic E-state index is 10.7. The Labute approximate surface area is 56.0 Å². The monoisotopic (exact) mass is 127 g/mol. The van der Waals surface area contributed by atoms with Gasteiger partial charge in [0.1, 0.15) is 0 Å². The van der Waals surface area contributed by atoms with Crippen LogP contribution in [-0.2, 0) is 4.79 Å². The molecule has 2 heteroatoms. The predicted molar refractivity (Wildman–Crippen MR) is 38.4 cm³/mol. The van der Waals surface area contributed by atoms with Crippen LogP contribution in [-0.4, -0.2) is 18.9 Å². The molecule has 52 valence electrons. The summed E-state index contributed by atoms with van der Waals surface area (Å²) in [6, 6.07) is 0. The van der Waals surface area contributed by atoms with Gasteiger partial charge in [-0.25, -0.2) is 0 Å². The van der Waals surface area contributed by atoms with Crippen molar-refractivity contribution in [2.24, 2.45) is 0 Å². The summed E-state index contributed by atoms with van der Waals surface area (Å²) in [5, 5.41) is 2.93. The molecule has 0 aromatic carbocycles. The SMILES string of the molecule is CC=CC(=O)CNCC. The van der Waals surface area contributed by atoms with Gasteiger partial charge in [0.25, 0.3) is 0 Å². The van der Waals surface area contributed by atoms with Gasteiger partial charge in [-0.05, 0) is 19.5 Å². The van der Waals surface area contributed by atoms with Gasteiger partial charge in [0.2, 0.25) is 0 Å². The Morgan fingerprint density at radius 3 is 2.78 bits per heavy atom. The summed E-state index contributed by atoms with van der Waals surface area (Å²) in [5.41, 5.74) is 0. The lowest BCUT2D eigenvalue weighted by Gasteiger charge is -1.93. The van der Waals surface area contributed by atoms with Crippen molar-refractivity contribution >= 4 is 5.78 Å². The van der Waals surface area contributed by atoms with Crippen LogP contribution in [0.3, 0.4) is 0 Å². The highest BCUT2D eigenvalue weighted by Gasteiger charge is 1.90. The van der Waals surface area contributed by atoms with Gasteiger partial charge in [-0.15, -0.1) is 0 Å². The van der Waals surface area contributed by atoms with Crippen molar-refractivity contribution in [3.8, 4) is 0 Å². The zero-order chi connectivity index (χ0) is 7.11. The van der Waals surface area contributed by atoms with Gasteiger partial charge in [0, 0.05) is 0 Å². The second-order valence-electron chi connectivity index (χ2n) is 1.75. The third-order valence-electron chi connectivity index (χ3n) is 0.902. The number of carbonyl (C=O) groups is 1. The average Bonchev–Trinajstić information content (AvgIpc) is 1.85. The molecule has 0 fully saturated rings. The Kier molecular flexibility index (Phi) is 5.12. The predicted octanol–water partition coefficient (Wildman–Crippen LogP) is 0.741. The third kappa shape index (κ3) is 5.24. The average molecular weight is 127 g/mol. The van der Waals surface area contributed by atoms with E-state index < -0.39 is 0 Å². The lowest BCUT2D eigenvalue weighted by Crippen LogP contribution is -2.20. The second kappa shape index (κ2) is 5.51. The van der Waals surface area contributed by atoms with Crippen LogP contribution in [0.15, 0.2) is 12.2 Å². The van der Waals surface area contributed by atoms with Crippen LogP contribution in [0.25, 0.3) is 0 Å². The normalized spacial score (nSPS) is 10.4. The molecule has 0 bridgehead atoms. The standard InChI is InChI=1S/C7H13NO/c1-3-5-7(9)6-8-4-2/h3,5,8H,4,6H2,1-2H3. The number of hydrogen-bond donors (Lipinski definition) is 1. The lowest BCUT2D eigenvalue weighted by atomic mass is 10.3. The van der Waals surface area contributed by atoms with Crippen LogP contribution in [0.5, 0.6) is 0 Å². The Morgan fingerprint density at radius 2 is 2.33 bits per heavy atom. The maximum absolute atomic E-state index is 10.7. The van der Waals surface area contributed by atoms with Crippen molar-refractivity contribution in [1.82, 2.24) is 5.32 Å². The number of carbonyl (C=O) groups excluding carboxylic acids is 1. The molecular weight excluding hydrogens is 114 g/mol. The Balaban J connectivity index is 3.27. The van der Waals surface area contributed by atoms with Crippen molar-refractivity contribution in [3.63, 3.8) is 0 Å². The van der Waals surface area contributed by atoms with E-state index in [0.717, 1.165) is 6.54 Å². The second-order valence-corrected chi connectivity index (χ2v) is 1.75. The minimum atomic E-state index is 0.138. The molecule has 0 radical (unpaired) electrons. The summed E-state index contributed by atoms with van der Waals surface area (Å²) in [7, 11) is 0. The lowest BCUT2D eigenvalue weighted by molar-refractivity contribution is -0.113. The molecule has 0 aliphatic rings. The first-order chi connectivity index (χ1) is 4.31. The molecule has 0 unspecified atom stereocenters.